The lowest BCUT2D eigenvalue weighted by molar-refractivity contribution is 0.0729. The molecule has 29 heavy (non-hydrogen) atoms. The summed E-state index contributed by atoms with van der Waals surface area (Å²) >= 11 is 0. The Balaban J connectivity index is 1.73. The van der Waals surface area contributed by atoms with Crippen LogP contribution in [0.25, 0.3) is 0 Å². The molecule has 2 aromatic rings. The lowest BCUT2D eigenvalue weighted by atomic mass is 10.1. The molecule has 0 radical (unpaired) electrons. The molecule has 0 bridgehead atoms. The van der Waals surface area contributed by atoms with Crippen LogP contribution in [-0.2, 0) is 14.8 Å². The van der Waals surface area contributed by atoms with E-state index >= 15 is 0 Å². The molecule has 1 saturated heterocycles. The molecule has 0 aliphatic carbocycles. The van der Waals surface area contributed by atoms with Crippen LogP contribution in [0.3, 0.4) is 0 Å². The highest BCUT2D eigenvalue weighted by molar-refractivity contribution is 7.89. The Morgan fingerprint density at radius 2 is 1.52 bits per heavy atom. The van der Waals surface area contributed by atoms with Crippen LogP contribution in [0, 0.1) is 12.7 Å². The molecule has 10 heteroatoms. The summed E-state index contributed by atoms with van der Waals surface area (Å²) in [6.07, 6.45) is 0. The average Bonchev–Trinajstić information content (AvgIpc) is 2.73. The maximum absolute atomic E-state index is 14.2. The van der Waals surface area contributed by atoms with Gasteiger partial charge in [0.05, 0.1) is 13.2 Å². The van der Waals surface area contributed by atoms with E-state index in [0.29, 0.717) is 5.56 Å². The number of nitrogens with one attached hydrogen (secondary N) is 2. The number of carbonyl (C=O) groups is 2. The van der Waals surface area contributed by atoms with E-state index in [1.54, 1.807) is 24.3 Å². The molecular weight excluding hydrogens is 401 g/mol. The standard InChI is InChI=1S/C19H20FN3O5S/c1-13-2-4-14(5-3-13)18(24)21-22-19(25)15-6-7-16(20)17(12-15)29(26,27)23-8-10-28-11-9-23/h2-7,12H,8-11H2,1H3,(H,21,24)(H,22,25). The molecule has 0 unspecified atom stereocenters. The second-order valence-electron chi connectivity index (χ2n) is 6.44. The van der Waals surface area contributed by atoms with E-state index < -0.39 is 32.6 Å². The third kappa shape index (κ3) is 4.78. The number of nitrogens with zero attached hydrogens (tertiary/aromatic N) is 1. The van der Waals surface area contributed by atoms with Gasteiger partial charge in [-0.3, -0.25) is 20.4 Å². The predicted molar refractivity (Wildman–Crippen MR) is 102 cm³/mol. The molecule has 1 aliphatic rings. The number of hydrogen-bond acceptors (Lipinski definition) is 5. The molecule has 2 amide bonds. The van der Waals surface area contributed by atoms with Gasteiger partial charge < -0.3 is 4.74 Å². The van der Waals surface area contributed by atoms with Gasteiger partial charge in [0.2, 0.25) is 10.0 Å². The first-order valence-electron chi connectivity index (χ1n) is 8.84. The first kappa shape index (κ1) is 20.9. The number of halogens is 1. The van der Waals surface area contributed by atoms with Gasteiger partial charge in [-0.1, -0.05) is 17.7 Å². The monoisotopic (exact) mass is 421 g/mol. The molecule has 0 saturated carbocycles. The van der Waals surface area contributed by atoms with Crippen molar-refractivity contribution >= 4 is 21.8 Å². The quantitative estimate of drug-likeness (QED) is 0.723. The zero-order chi connectivity index (χ0) is 21.0. The van der Waals surface area contributed by atoms with Gasteiger partial charge in [0.25, 0.3) is 11.8 Å². The molecule has 1 aliphatic heterocycles. The minimum atomic E-state index is -4.12. The fourth-order valence-corrected chi connectivity index (χ4v) is 4.23. The van der Waals surface area contributed by atoms with Gasteiger partial charge in [0.15, 0.2) is 0 Å². The maximum atomic E-state index is 14.2. The molecule has 2 aromatic carbocycles. The lowest BCUT2D eigenvalue weighted by Crippen LogP contribution is -2.42. The van der Waals surface area contributed by atoms with Gasteiger partial charge in [-0.2, -0.15) is 4.31 Å². The van der Waals surface area contributed by atoms with E-state index in [1.165, 1.54) is 0 Å². The lowest BCUT2D eigenvalue weighted by Gasteiger charge is -2.26. The zero-order valence-corrected chi connectivity index (χ0v) is 16.5. The summed E-state index contributed by atoms with van der Waals surface area (Å²) in [6.45, 7) is 2.51. The molecule has 1 fully saturated rings. The smallest absolute Gasteiger partial charge is 0.269 e. The van der Waals surface area contributed by atoms with E-state index in [2.05, 4.69) is 10.9 Å². The molecular formula is C19H20FN3O5S. The molecule has 3 rings (SSSR count). The van der Waals surface area contributed by atoms with E-state index in [1.807, 2.05) is 6.92 Å². The van der Waals surface area contributed by atoms with Gasteiger partial charge in [0.1, 0.15) is 10.7 Å². The summed E-state index contributed by atoms with van der Waals surface area (Å²) in [5.41, 5.74) is 5.65. The van der Waals surface area contributed by atoms with Crippen LogP contribution >= 0.6 is 0 Å². The molecule has 2 N–H and O–H groups in total. The maximum Gasteiger partial charge on any atom is 0.269 e. The van der Waals surface area contributed by atoms with Gasteiger partial charge in [-0.15, -0.1) is 0 Å². The summed E-state index contributed by atoms with van der Waals surface area (Å²) in [5, 5.41) is 0. The zero-order valence-electron chi connectivity index (χ0n) is 15.6. The highest BCUT2D eigenvalue weighted by Gasteiger charge is 2.29. The predicted octanol–water partition coefficient (Wildman–Crippen LogP) is 1.23. The molecule has 0 atom stereocenters. The number of hydrogen-bond donors (Lipinski definition) is 2. The molecule has 154 valence electrons. The summed E-state index contributed by atoms with van der Waals surface area (Å²) in [5.74, 6) is -2.28. The average molecular weight is 421 g/mol. The van der Waals surface area contributed by atoms with Crippen LogP contribution in [0.15, 0.2) is 47.4 Å². The van der Waals surface area contributed by atoms with Crippen molar-refractivity contribution in [1.82, 2.24) is 15.2 Å². The number of morpholine rings is 1. The van der Waals surface area contributed by atoms with Crippen molar-refractivity contribution in [3.05, 3.63) is 65.0 Å². The Kier molecular flexibility index (Phi) is 6.26. The Bertz CT molecular complexity index is 1020. The largest absolute Gasteiger partial charge is 0.379 e. The van der Waals surface area contributed by atoms with E-state index in [-0.39, 0.29) is 31.9 Å². The SMILES string of the molecule is Cc1ccc(C(=O)NNC(=O)c2ccc(F)c(S(=O)(=O)N3CCOCC3)c2)cc1. The van der Waals surface area contributed by atoms with Gasteiger partial charge in [-0.05, 0) is 37.3 Å². The third-order valence-corrected chi connectivity index (χ3v) is 6.30. The van der Waals surface area contributed by atoms with Crippen molar-refractivity contribution in [2.24, 2.45) is 0 Å². The normalized spacial score (nSPS) is 15.0. The van der Waals surface area contributed by atoms with Crippen LogP contribution < -0.4 is 10.9 Å². The summed E-state index contributed by atoms with van der Waals surface area (Å²) in [4.78, 5) is 23.8. The van der Waals surface area contributed by atoms with Crippen LogP contribution in [0.1, 0.15) is 26.3 Å². The van der Waals surface area contributed by atoms with Crippen molar-refractivity contribution in [3.8, 4) is 0 Å². The first-order chi connectivity index (χ1) is 13.8. The van der Waals surface area contributed by atoms with Crippen LogP contribution in [-0.4, -0.2) is 50.8 Å². The van der Waals surface area contributed by atoms with Crippen molar-refractivity contribution in [1.29, 1.82) is 0 Å². The molecule has 8 nitrogen and oxygen atoms in total. The minimum Gasteiger partial charge on any atom is -0.379 e. The number of aryl methyl sites for hydroxylation is 1. The summed E-state index contributed by atoms with van der Waals surface area (Å²) in [6, 6.07) is 9.70. The van der Waals surface area contributed by atoms with Gasteiger partial charge in [0, 0.05) is 24.2 Å². The number of sulfonamides is 1. The molecule has 0 spiro atoms. The highest BCUT2D eigenvalue weighted by Crippen LogP contribution is 2.21. The second-order valence-corrected chi connectivity index (χ2v) is 8.34. The second kappa shape index (κ2) is 8.68. The fourth-order valence-electron chi connectivity index (χ4n) is 2.73. The van der Waals surface area contributed by atoms with Crippen molar-refractivity contribution in [2.75, 3.05) is 26.3 Å². The van der Waals surface area contributed by atoms with Gasteiger partial charge >= 0.3 is 0 Å². The number of amides is 2. The van der Waals surface area contributed by atoms with E-state index in [0.717, 1.165) is 28.1 Å². The number of rotatable bonds is 4. The highest BCUT2D eigenvalue weighted by atomic mass is 32.2. The Morgan fingerprint density at radius 1 is 0.966 bits per heavy atom. The number of benzene rings is 2. The molecule has 1 heterocycles. The topological polar surface area (TPSA) is 105 Å². The van der Waals surface area contributed by atoms with E-state index in [9.17, 15) is 22.4 Å². The van der Waals surface area contributed by atoms with Crippen molar-refractivity contribution < 1.29 is 27.1 Å². The first-order valence-corrected chi connectivity index (χ1v) is 10.3. The van der Waals surface area contributed by atoms with Crippen LogP contribution in [0.4, 0.5) is 4.39 Å². The molecule has 0 aromatic heterocycles. The minimum absolute atomic E-state index is 0.102. The Morgan fingerprint density at radius 3 is 2.14 bits per heavy atom. The number of carbonyl (C=O) groups excluding carboxylic acids is 2. The van der Waals surface area contributed by atoms with Gasteiger partial charge in [-0.25, -0.2) is 12.8 Å². The summed E-state index contributed by atoms with van der Waals surface area (Å²) in [7, 11) is -4.12. The van der Waals surface area contributed by atoms with Crippen LogP contribution in [0.5, 0.6) is 0 Å². The summed E-state index contributed by atoms with van der Waals surface area (Å²) < 4.78 is 45.8. The van der Waals surface area contributed by atoms with Crippen molar-refractivity contribution in [3.63, 3.8) is 0 Å². The Hall–Kier alpha value is -2.82. The third-order valence-electron chi connectivity index (χ3n) is 4.38. The number of hydrazine groups is 1. The van der Waals surface area contributed by atoms with E-state index in [4.69, 9.17) is 4.74 Å². The van der Waals surface area contributed by atoms with Crippen LogP contribution in [0.2, 0.25) is 0 Å². The van der Waals surface area contributed by atoms with Crippen molar-refractivity contribution in [2.45, 2.75) is 11.8 Å². The number of ether oxygens (including phenoxy) is 1. The fraction of sp³-hybridized carbons (Fsp3) is 0.263. The Labute approximate surface area is 167 Å².